The third kappa shape index (κ3) is 3.93. The van der Waals surface area contributed by atoms with Crippen LogP contribution in [0.3, 0.4) is 0 Å². The lowest BCUT2D eigenvalue weighted by atomic mass is 10.3. The van der Waals surface area contributed by atoms with Gasteiger partial charge in [-0.1, -0.05) is 0 Å². The van der Waals surface area contributed by atoms with Crippen LogP contribution in [-0.2, 0) is 0 Å². The molecule has 1 rings (SSSR count). The van der Waals surface area contributed by atoms with E-state index in [0.29, 0.717) is 0 Å². The van der Waals surface area contributed by atoms with E-state index in [-0.39, 0.29) is 0 Å². The number of nitrogens with zero attached hydrogens (tertiary/aromatic N) is 2. The molecule has 3 N–H and O–H groups in total. The third-order valence-corrected chi connectivity index (χ3v) is 2.39. The van der Waals surface area contributed by atoms with Crippen molar-refractivity contribution < 1.29 is 0 Å². The molecule has 1 aliphatic rings. The highest BCUT2D eigenvalue weighted by molar-refractivity contribution is 5.79. The van der Waals surface area contributed by atoms with E-state index >= 15 is 0 Å². The molecule has 1 heterocycles. The van der Waals surface area contributed by atoms with Crippen molar-refractivity contribution >= 4 is 5.96 Å². The summed E-state index contributed by atoms with van der Waals surface area (Å²) in [6.07, 6.45) is 0. The second-order valence-electron chi connectivity index (χ2n) is 3.34. The summed E-state index contributed by atoms with van der Waals surface area (Å²) >= 11 is 0. The van der Waals surface area contributed by atoms with Gasteiger partial charge in [-0.15, -0.1) is 0 Å². The zero-order valence-electron chi connectivity index (χ0n) is 9.14. The lowest BCUT2D eigenvalue weighted by molar-refractivity contribution is 0.244. The van der Waals surface area contributed by atoms with Gasteiger partial charge in [-0.25, -0.2) is 0 Å². The van der Waals surface area contributed by atoms with Gasteiger partial charge in [-0.2, -0.15) is 0 Å². The number of piperazine rings is 1. The first-order valence-corrected chi connectivity index (χ1v) is 5.18. The molecular weight excluding hydrogens is 178 g/mol. The van der Waals surface area contributed by atoms with Crippen molar-refractivity contribution in [3.05, 3.63) is 0 Å². The van der Waals surface area contributed by atoms with Crippen LogP contribution in [0.2, 0.25) is 0 Å². The van der Waals surface area contributed by atoms with Crippen molar-refractivity contribution in [1.29, 1.82) is 0 Å². The lowest BCUT2D eigenvalue weighted by Gasteiger charge is -2.27. The van der Waals surface area contributed by atoms with Gasteiger partial charge in [0.25, 0.3) is 0 Å². The number of aliphatic imine (C=N–C) groups is 1. The summed E-state index contributed by atoms with van der Waals surface area (Å²) in [5.74, 6) is 0.861. The molecule has 0 amide bonds. The molecule has 1 saturated heterocycles. The molecule has 0 spiro atoms. The second-order valence-corrected chi connectivity index (χ2v) is 3.34. The standard InChI is InChI=1S/C9H21N5/c1-10-9(11-2)13-5-8-14-6-3-12-4-7-14/h12H,3-8H2,1-2H3,(H2,10,11,13). The minimum atomic E-state index is 0.861. The molecule has 0 aromatic carbocycles. The first-order valence-electron chi connectivity index (χ1n) is 5.18. The van der Waals surface area contributed by atoms with Gasteiger partial charge in [0.1, 0.15) is 0 Å². The maximum absolute atomic E-state index is 4.05. The molecule has 14 heavy (non-hydrogen) atoms. The van der Waals surface area contributed by atoms with Crippen LogP contribution in [0.15, 0.2) is 4.99 Å². The Labute approximate surface area is 86.0 Å². The summed E-state index contributed by atoms with van der Waals surface area (Å²) in [6, 6.07) is 0. The van der Waals surface area contributed by atoms with Gasteiger partial charge < -0.3 is 16.0 Å². The van der Waals surface area contributed by atoms with E-state index in [2.05, 4.69) is 25.8 Å². The number of hydrogen-bond acceptors (Lipinski definition) is 3. The smallest absolute Gasteiger partial charge is 0.190 e. The Kier molecular flexibility index (Phi) is 5.32. The minimum Gasteiger partial charge on any atom is -0.359 e. The highest BCUT2D eigenvalue weighted by Gasteiger charge is 2.08. The van der Waals surface area contributed by atoms with Gasteiger partial charge in [-0.05, 0) is 0 Å². The number of guanidine groups is 1. The summed E-state index contributed by atoms with van der Waals surface area (Å²) in [4.78, 5) is 6.50. The molecule has 5 nitrogen and oxygen atoms in total. The SMILES string of the molecule is CN=C(NC)NCCN1CCNCC1. The van der Waals surface area contributed by atoms with E-state index in [1.165, 1.54) is 0 Å². The molecule has 1 fully saturated rings. The topological polar surface area (TPSA) is 51.7 Å². The molecule has 0 aromatic rings. The van der Waals surface area contributed by atoms with Crippen LogP contribution in [0, 0.1) is 0 Å². The van der Waals surface area contributed by atoms with E-state index in [1.54, 1.807) is 7.05 Å². The Balaban J connectivity index is 2.07. The van der Waals surface area contributed by atoms with E-state index in [4.69, 9.17) is 0 Å². The van der Waals surface area contributed by atoms with Crippen LogP contribution in [0.4, 0.5) is 0 Å². The highest BCUT2D eigenvalue weighted by atomic mass is 15.2. The molecule has 0 unspecified atom stereocenters. The fourth-order valence-electron chi connectivity index (χ4n) is 1.55. The van der Waals surface area contributed by atoms with Crippen molar-refractivity contribution in [2.24, 2.45) is 4.99 Å². The van der Waals surface area contributed by atoms with Gasteiger partial charge in [0.05, 0.1) is 0 Å². The van der Waals surface area contributed by atoms with Crippen LogP contribution < -0.4 is 16.0 Å². The average molecular weight is 199 g/mol. The van der Waals surface area contributed by atoms with Crippen molar-refractivity contribution in [2.45, 2.75) is 0 Å². The van der Waals surface area contributed by atoms with Crippen LogP contribution in [0.25, 0.3) is 0 Å². The monoisotopic (exact) mass is 199 g/mol. The number of nitrogens with one attached hydrogen (secondary N) is 3. The molecule has 5 heteroatoms. The third-order valence-electron chi connectivity index (χ3n) is 2.39. The molecular formula is C9H21N5. The fourth-order valence-corrected chi connectivity index (χ4v) is 1.55. The Morgan fingerprint density at radius 2 is 2.14 bits per heavy atom. The number of hydrogen-bond donors (Lipinski definition) is 3. The Morgan fingerprint density at radius 1 is 1.43 bits per heavy atom. The van der Waals surface area contributed by atoms with Gasteiger partial charge in [-0.3, -0.25) is 9.89 Å². The number of rotatable bonds is 3. The maximum Gasteiger partial charge on any atom is 0.190 e. The van der Waals surface area contributed by atoms with Gasteiger partial charge in [0, 0.05) is 53.4 Å². The molecule has 0 atom stereocenters. The van der Waals surface area contributed by atoms with Crippen molar-refractivity contribution in [2.75, 3.05) is 53.4 Å². The fraction of sp³-hybridized carbons (Fsp3) is 0.889. The predicted molar refractivity (Wildman–Crippen MR) is 59.7 cm³/mol. The maximum atomic E-state index is 4.05. The summed E-state index contributed by atoms with van der Waals surface area (Å²) < 4.78 is 0. The Bertz CT molecular complexity index is 174. The van der Waals surface area contributed by atoms with E-state index in [1.807, 2.05) is 7.05 Å². The van der Waals surface area contributed by atoms with Crippen molar-refractivity contribution in [3.8, 4) is 0 Å². The van der Waals surface area contributed by atoms with Gasteiger partial charge in [0.2, 0.25) is 0 Å². The largest absolute Gasteiger partial charge is 0.359 e. The van der Waals surface area contributed by atoms with Crippen molar-refractivity contribution in [3.63, 3.8) is 0 Å². The summed E-state index contributed by atoms with van der Waals surface area (Å²) in [6.45, 7) is 6.57. The lowest BCUT2D eigenvalue weighted by Crippen LogP contribution is -2.47. The molecule has 0 aromatic heterocycles. The summed E-state index contributed by atoms with van der Waals surface area (Å²) in [7, 11) is 3.66. The minimum absolute atomic E-state index is 0.861. The molecule has 0 radical (unpaired) electrons. The molecule has 0 saturated carbocycles. The van der Waals surface area contributed by atoms with Crippen molar-refractivity contribution in [1.82, 2.24) is 20.9 Å². The second kappa shape index (κ2) is 6.62. The van der Waals surface area contributed by atoms with E-state index in [0.717, 1.165) is 45.2 Å². The molecule has 1 aliphatic heterocycles. The van der Waals surface area contributed by atoms with Crippen LogP contribution in [-0.4, -0.2) is 64.2 Å². The first-order chi connectivity index (χ1) is 6.86. The zero-order valence-corrected chi connectivity index (χ0v) is 9.14. The Morgan fingerprint density at radius 3 is 2.71 bits per heavy atom. The van der Waals surface area contributed by atoms with Gasteiger partial charge >= 0.3 is 0 Å². The van der Waals surface area contributed by atoms with Crippen LogP contribution in [0.5, 0.6) is 0 Å². The average Bonchev–Trinajstić information content (AvgIpc) is 2.26. The summed E-state index contributed by atoms with van der Waals surface area (Å²) in [5.41, 5.74) is 0. The van der Waals surface area contributed by atoms with Crippen LogP contribution >= 0.6 is 0 Å². The van der Waals surface area contributed by atoms with E-state index < -0.39 is 0 Å². The molecule has 0 aliphatic carbocycles. The predicted octanol–water partition coefficient (Wildman–Crippen LogP) is -1.31. The van der Waals surface area contributed by atoms with E-state index in [9.17, 15) is 0 Å². The Hall–Kier alpha value is -0.810. The first kappa shape index (κ1) is 11.3. The van der Waals surface area contributed by atoms with Gasteiger partial charge in [0.15, 0.2) is 5.96 Å². The summed E-state index contributed by atoms with van der Waals surface area (Å²) in [5, 5.41) is 9.58. The molecule has 0 bridgehead atoms. The quantitative estimate of drug-likeness (QED) is 0.390. The molecule has 82 valence electrons. The zero-order chi connectivity index (χ0) is 10.2. The normalized spacial score (nSPS) is 19.4. The van der Waals surface area contributed by atoms with Crippen LogP contribution in [0.1, 0.15) is 0 Å². The highest BCUT2D eigenvalue weighted by Crippen LogP contribution is 1.89.